The van der Waals surface area contributed by atoms with Gasteiger partial charge in [0.05, 0.1) is 17.7 Å². The molecule has 0 fully saturated rings. The monoisotopic (exact) mass is 571 g/mol. The molecule has 2 amide bonds. The summed E-state index contributed by atoms with van der Waals surface area (Å²) < 4.78 is 33.8. The highest BCUT2D eigenvalue weighted by Gasteiger charge is 2.33. The highest BCUT2D eigenvalue weighted by atomic mass is 35.5. The van der Waals surface area contributed by atoms with Crippen molar-refractivity contribution in [2.24, 2.45) is 0 Å². The van der Waals surface area contributed by atoms with E-state index < -0.39 is 28.5 Å². The highest BCUT2D eigenvalue weighted by molar-refractivity contribution is 7.92. The number of amides is 2. The lowest BCUT2D eigenvalue weighted by Crippen LogP contribution is -2.52. The van der Waals surface area contributed by atoms with Gasteiger partial charge in [-0.25, -0.2) is 8.42 Å². The van der Waals surface area contributed by atoms with E-state index in [0.29, 0.717) is 23.7 Å². The van der Waals surface area contributed by atoms with Crippen LogP contribution in [0.4, 0.5) is 5.69 Å². The number of nitrogens with one attached hydrogen (secondary N) is 1. The summed E-state index contributed by atoms with van der Waals surface area (Å²) >= 11 is 6.20. The Labute approximate surface area is 235 Å². The van der Waals surface area contributed by atoms with E-state index in [2.05, 4.69) is 5.32 Å². The number of sulfonamides is 1. The van der Waals surface area contributed by atoms with Crippen LogP contribution in [0.5, 0.6) is 5.75 Å². The van der Waals surface area contributed by atoms with Crippen LogP contribution in [0.15, 0.2) is 83.8 Å². The number of hydrogen-bond acceptors (Lipinski definition) is 5. The van der Waals surface area contributed by atoms with Crippen molar-refractivity contribution < 1.29 is 22.7 Å². The van der Waals surface area contributed by atoms with Crippen molar-refractivity contribution in [1.29, 1.82) is 0 Å². The minimum absolute atomic E-state index is 0.0345. The van der Waals surface area contributed by atoms with Crippen molar-refractivity contribution in [3.63, 3.8) is 0 Å². The first-order valence-corrected chi connectivity index (χ1v) is 14.6. The van der Waals surface area contributed by atoms with Gasteiger partial charge in [-0.2, -0.15) is 0 Å². The maximum Gasteiger partial charge on any atom is 0.264 e. The summed E-state index contributed by atoms with van der Waals surface area (Å²) in [7, 11) is -2.57. The molecule has 1 N–H and O–H groups in total. The maximum atomic E-state index is 14.0. The molecule has 0 bridgehead atoms. The molecule has 0 aliphatic carbocycles. The Hall–Kier alpha value is -3.56. The molecule has 3 rings (SSSR count). The van der Waals surface area contributed by atoms with Gasteiger partial charge in [0.25, 0.3) is 10.0 Å². The first kappa shape index (κ1) is 30.0. The molecule has 0 saturated heterocycles. The standard InChI is InChI=1S/C29H34ClN3O5S/c1-4-18-31-29(35)27(5-2)32(20-22-14-16-25(38-3)17-15-22)28(34)21-33(24-11-9-10-23(30)19-24)39(36,37)26-12-7-6-8-13-26/h6-17,19,27H,4-5,18,20-21H2,1-3H3,(H,31,35)/t27-/m1/s1. The predicted molar refractivity (Wildman–Crippen MR) is 153 cm³/mol. The van der Waals surface area contributed by atoms with Gasteiger partial charge in [-0.05, 0) is 60.9 Å². The van der Waals surface area contributed by atoms with E-state index in [1.807, 2.05) is 26.0 Å². The molecule has 0 aromatic heterocycles. The minimum Gasteiger partial charge on any atom is -0.497 e. The molecule has 1 atom stereocenters. The van der Waals surface area contributed by atoms with Crippen LogP contribution in [-0.2, 0) is 26.2 Å². The van der Waals surface area contributed by atoms with Crippen LogP contribution < -0.4 is 14.4 Å². The van der Waals surface area contributed by atoms with E-state index in [-0.39, 0.29) is 23.0 Å². The molecular weight excluding hydrogens is 538 g/mol. The molecule has 208 valence electrons. The van der Waals surface area contributed by atoms with Crippen molar-refractivity contribution in [3.05, 3.63) is 89.4 Å². The molecular formula is C29H34ClN3O5S. The van der Waals surface area contributed by atoms with Gasteiger partial charge < -0.3 is 15.0 Å². The van der Waals surface area contributed by atoms with E-state index in [9.17, 15) is 18.0 Å². The zero-order valence-electron chi connectivity index (χ0n) is 22.3. The van der Waals surface area contributed by atoms with Crippen LogP contribution >= 0.6 is 11.6 Å². The summed E-state index contributed by atoms with van der Waals surface area (Å²) in [4.78, 5) is 28.6. The lowest BCUT2D eigenvalue weighted by Gasteiger charge is -2.33. The van der Waals surface area contributed by atoms with Crippen LogP contribution in [0.1, 0.15) is 32.3 Å². The van der Waals surface area contributed by atoms with Gasteiger partial charge in [0, 0.05) is 18.1 Å². The lowest BCUT2D eigenvalue weighted by atomic mass is 10.1. The smallest absolute Gasteiger partial charge is 0.264 e. The molecule has 0 unspecified atom stereocenters. The largest absolute Gasteiger partial charge is 0.497 e. The summed E-state index contributed by atoms with van der Waals surface area (Å²) in [6.07, 6.45) is 1.09. The van der Waals surface area contributed by atoms with E-state index in [0.717, 1.165) is 16.3 Å². The highest BCUT2D eigenvalue weighted by Crippen LogP contribution is 2.27. The van der Waals surface area contributed by atoms with Crippen LogP contribution in [0, 0.1) is 0 Å². The van der Waals surface area contributed by atoms with Crippen LogP contribution in [0.3, 0.4) is 0 Å². The maximum absolute atomic E-state index is 14.0. The second-order valence-electron chi connectivity index (χ2n) is 8.89. The van der Waals surface area contributed by atoms with E-state index in [1.54, 1.807) is 55.6 Å². The predicted octanol–water partition coefficient (Wildman–Crippen LogP) is 4.88. The molecule has 10 heteroatoms. The SMILES string of the molecule is CCCNC(=O)[C@@H](CC)N(Cc1ccc(OC)cc1)C(=O)CN(c1cccc(Cl)c1)S(=O)(=O)c1ccccc1. The fourth-order valence-corrected chi connectivity index (χ4v) is 5.70. The van der Waals surface area contributed by atoms with Crippen molar-refractivity contribution in [2.75, 3.05) is 24.5 Å². The van der Waals surface area contributed by atoms with Crippen molar-refractivity contribution >= 4 is 39.1 Å². The molecule has 0 aliphatic rings. The molecule has 39 heavy (non-hydrogen) atoms. The topological polar surface area (TPSA) is 96.0 Å². The number of benzene rings is 3. The van der Waals surface area contributed by atoms with Crippen molar-refractivity contribution in [3.8, 4) is 5.75 Å². The number of hydrogen-bond donors (Lipinski definition) is 1. The van der Waals surface area contributed by atoms with Crippen molar-refractivity contribution in [2.45, 2.75) is 44.2 Å². The Kier molecular flexibility index (Phi) is 10.8. The molecule has 0 aliphatic heterocycles. The summed E-state index contributed by atoms with van der Waals surface area (Å²) in [6, 6.07) is 20.6. The third kappa shape index (κ3) is 7.74. The molecule has 0 heterocycles. The lowest BCUT2D eigenvalue weighted by molar-refractivity contribution is -0.140. The number of carbonyl (C=O) groups excluding carboxylic acids is 2. The fourth-order valence-electron chi connectivity index (χ4n) is 4.09. The number of carbonyl (C=O) groups is 2. The van der Waals surface area contributed by atoms with Gasteiger partial charge in [0.15, 0.2) is 0 Å². The van der Waals surface area contributed by atoms with E-state index >= 15 is 0 Å². The number of anilines is 1. The van der Waals surface area contributed by atoms with Gasteiger partial charge in [0.1, 0.15) is 18.3 Å². The number of rotatable bonds is 13. The number of nitrogens with zero attached hydrogens (tertiary/aromatic N) is 2. The summed E-state index contributed by atoms with van der Waals surface area (Å²) in [5, 5.41) is 3.20. The van der Waals surface area contributed by atoms with Gasteiger partial charge >= 0.3 is 0 Å². The van der Waals surface area contributed by atoms with Crippen LogP contribution in [-0.4, -0.2) is 51.4 Å². The van der Waals surface area contributed by atoms with Crippen LogP contribution in [0.25, 0.3) is 0 Å². The average Bonchev–Trinajstić information content (AvgIpc) is 2.95. The van der Waals surface area contributed by atoms with Crippen LogP contribution in [0.2, 0.25) is 5.02 Å². The third-order valence-corrected chi connectivity index (χ3v) is 8.18. The summed E-state index contributed by atoms with van der Waals surface area (Å²) in [6.45, 7) is 3.82. The van der Waals surface area contributed by atoms with Crippen molar-refractivity contribution in [1.82, 2.24) is 10.2 Å². The first-order chi connectivity index (χ1) is 18.7. The fraction of sp³-hybridized carbons (Fsp3) is 0.310. The molecule has 0 spiro atoms. The average molecular weight is 572 g/mol. The molecule has 8 nitrogen and oxygen atoms in total. The Balaban J connectivity index is 2.03. The summed E-state index contributed by atoms with van der Waals surface area (Å²) in [5.74, 6) is -0.157. The normalized spacial score (nSPS) is 11.9. The zero-order valence-corrected chi connectivity index (χ0v) is 23.9. The van der Waals surface area contributed by atoms with Gasteiger partial charge in [-0.3, -0.25) is 13.9 Å². The number of halogens is 1. The quantitative estimate of drug-likeness (QED) is 0.315. The Morgan fingerprint density at radius 3 is 2.26 bits per heavy atom. The second-order valence-corrected chi connectivity index (χ2v) is 11.2. The Morgan fingerprint density at radius 2 is 1.67 bits per heavy atom. The summed E-state index contributed by atoms with van der Waals surface area (Å²) in [5.41, 5.74) is 1.01. The zero-order chi connectivity index (χ0) is 28.4. The first-order valence-electron chi connectivity index (χ1n) is 12.7. The third-order valence-electron chi connectivity index (χ3n) is 6.15. The van der Waals surface area contributed by atoms with Gasteiger partial charge in [-0.1, -0.05) is 61.8 Å². The van der Waals surface area contributed by atoms with E-state index in [4.69, 9.17) is 16.3 Å². The van der Waals surface area contributed by atoms with Gasteiger partial charge in [-0.15, -0.1) is 0 Å². The van der Waals surface area contributed by atoms with Gasteiger partial charge in [0.2, 0.25) is 11.8 Å². The Bertz CT molecular complexity index is 1350. The molecule has 3 aromatic rings. The second kappa shape index (κ2) is 14.0. The Morgan fingerprint density at radius 1 is 0.974 bits per heavy atom. The molecule has 0 saturated carbocycles. The number of ether oxygens (including phenoxy) is 1. The van der Waals surface area contributed by atoms with E-state index in [1.165, 1.54) is 23.1 Å². The minimum atomic E-state index is -4.14. The molecule has 0 radical (unpaired) electrons. The number of methoxy groups -OCH3 is 1. The molecule has 3 aromatic carbocycles.